The van der Waals surface area contributed by atoms with Gasteiger partial charge in [-0.15, -0.1) is 0 Å². The van der Waals surface area contributed by atoms with Crippen molar-refractivity contribution in [3.05, 3.63) is 40.7 Å². The molecule has 0 bridgehead atoms. The number of benzene rings is 1. The molecule has 9 heteroatoms. The van der Waals surface area contributed by atoms with Gasteiger partial charge in [0, 0.05) is 31.5 Å². The molecule has 0 radical (unpaired) electrons. The number of fused-ring (bicyclic) bond motifs is 2. The van der Waals surface area contributed by atoms with Gasteiger partial charge in [-0.1, -0.05) is 11.3 Å². The number of nitriles is 1. The average molecular weight is 406 g/mol. The van der Waals surface area contributed by atoms with Gasteiger partial charge in [0.1, 0.15) is 16.7 Å². The molecular weight excluding hydrogens is 388 g/mol. The van der Waals surface area contributed by atoms with Crippen molar-refractivity contribution >= 4 is 39.1 Å². The van der Waals surface area contributed by atoms with Crippen molar-refractivity contribution in [2.45, 2.75) is 25.3 Å². The number of carbonyl (C=O) groups is 1. The zero-order valence-corrected chi connectivity index (χ0v) is 16.4. The van der Waals surface area contributed by atoms with E-state index < -0.39 is 0 Å². The van der Waals surface area contributed by atoms with Gasteiger partial charge in [0.2, 0.25) is 0 Å². The van der Waals surface area contributed by atoms with Crippen molar-refractivity contribution in [3.8, 4) is 6.07 Å². The molecular formula is C20H18N6O2S. The van der Waals surface area contributed by atoms with E-state index in [0.29, 0.717) is 39.9 Å². The van der Waals surface area contributed by atoms with Crippen molar-refractivity contribution in [1.82, 2.24) is 20.3 Å². The molecule has 0 atom stereocenters. The highest BCUT2D eigenvalue weighted by Crippen LogP contribution is 2.37. The Kier molecular flexibility index (Phi) is 4.58. The highest BCUT2D eigenvalue weighted by atomic mass is 32.1. The fraction of sp³-hybridized carbons (Fsp3) is 0.350. The van der Waals surface area contributed by atoms with Gasteiger partial charge in [0.05, 0.1) is 11.6 Å². The first kappa shape index (κ1) is 18.0. The highest BCUT2D eigenvalue weighted by molar-refractivity contribution is 7.20. The second-order valence-electron chi connectivity index (χ2n) is 7.09. The number of hydrogen-bond donors (Lipinski definition) is 1. The Morgan fingerprint density at radius 3 is 3.00 bits per heavy atom. The first-order valence-corrected chi connectivity index (χ1v) is 10.4. The van der Waals surface area contributed by atoms with Gasteiger partial charge < -0.3 is 15.0 Å². The Bertz CT molecular complexity index is 1130. The molecule has 3 aromatic rings. The lowest BCUT2D eigenvalue weighted by atomic mass is 10.1. The molecule has 0 saturated carbocycles. The normalized spacial score (nSPS) is 16.6. The lowest BCUT2D eigenvalue weighted by molar-refractivity contribution is 0.0696. The molecule has 5 rings (SSSR count). The summed E-state index contributed by atoms with van der Waals surface area (Å²) >= 11 is 1.28. The third-order valence-corrected chi connectivity index (χ3v) is 6.25. The third kappa shape index (κ3) is 3.30. The molecule has 1 amide bonds. The molecule has 0 unspecified atom stereocenters. The minimum atomic E-state index is -0.175. The SMILES string of the molecule is N#Cc1ccc2c(c1)CCN2c1ncnc2sc(C(=O)NC3CCOCC3)nc12. The number of nitrogens with one attached hydrogen (secondary N) is 1. The molecule has 2 aromatic heterocycles. The summed E-state index contributed by atoms with van der Waals surface area (Å²) < 4.78 is 5.35. The molecule has 1 fully saturated rings. The fourth-order valence-corrected chi connectivity index (χ4v) is 4.62. The van der Waals surface area contributed by atoms with E-state index in [1.54, 1.807) is 0 Å². The van der Waals surface area contributed by atoms with E-state index in [4.69, 9.17) is 10.00 Å². The van der Waals surface area contributed by atoms with Crippen LogP contribution in [0.15, 0.2) is 24.5 Å². The number of amides is 1. The van der Waals surface area contributed by atoms with E-state index in [2.05, 4.69) is 31.2 Å². The monoisotopic (exact) mass is 406 g/mol. The molecule has 1 saturated heterocycles. The maximum Gasteiger partial charge on any atom is 0.280 e. The van der Waals surface area contributed by atoms with Crippen molar-refractivity contribution < 1.29 is 9.53 Å². The summed E-state index contributed by atoms with van der Waals surface area (Å²) in [7, 11) is 0. The van der Waals surface area contributed by atoms with E-state index in [0.717, 1.165) is 37.1 Å². The Hall–Kier alpha value is -3.09. The predicted molar refractivity (Wildman–Crippen MR) is 108 cm³/mol. The van der Waals surface area contributed by atoms with E-state index in [1.165, 1.54) is 17.7 Å². The number of rotatable bonds is 3. The van der Waals surface area contributed by atoms with Crippen LogP contribution in [0.2, 0.25) is 0 Å². The van der Waals surface area contributed by atoms with Gasteiger partial charge in [-0.25, -0.2) is 15.0 Å². The summed E-state index contributed by atoms with van der Waals surface area (Å²) in [4.78, 5) is 28.8. The van der Waals surface area contributed by atoms with Crippen LogP contribution >= 0.6 is 11.3 Å². The zero-order chi connectivity index (χ0) is 19.8. The molecule has 146 valence electrons. The molecule has 29 heavy (non-hydrogen) atoms. The quantitative estimate of drug-likeness (QED) is 0.713. The number of ether oxygens (including phenoxy) is 1. The molecule has 1 aromatic carbocycles. The Balaban J connectivity index is 1.46. The van der Waals surface area contributed by atoms with Gasteiger partial charge in [0.15, 0.2) is 10.8 Å². The maximum atomic E-state index is 12.7. The second kappa shape index (κ2) is 7.39. The standard InChI is InChI=1S/C20H18N6O2S/c21-10-12-1-2-15-13(9-12)3-6-26(15)17-16-19(23-11-22-17)29-20(25-16)18(27)24-14-4-7-28-8-5-14/h1-2,9,11,14H,3-8H2,(H,24,27). The molecule has 2 aliphatic rings. The van der Waals surface area contributed by atoms with Crippen LogP contribution in [0.25, 0.3) is 10.3 Å². The largest absolute Gasteiger partial charge is 0.381 e. The lowest BCUT2D eigenvalue weighted by Gasteiger charge is -2.22. The number of hydrogen-bond acceptors (Lipinski definition) is 8. The van der Waals surface area contributed by atoms with E-state index in [1.807, 2.05) is 18.2 Å². The Morgan fingerprint density at radius 2 is 2.17 bits per heavy atom. The average Bonchev–Trinajstić information content (AvgIpc) is 3.38. The molecule has 2 aliphatic heterocycles. The number of thiazole rings is 1. The number of aromatic nitrogens is 3. The van der Waals surface area contributed by atoms with Gasteiger partial charge >= 0.3 is 0 Å². The summed E-state index contributed by atoms with van der Waals surface area (Å²) in [5, 5.41) is 12.6. The first-order valence-electron chi connectivity index (χ1n) is 9.53. The van der Waals surface area contributed by atoms with Gasteiger partial charge in [-0.3, -0.25) is 4.79 Å². The van der Waals surface area contributed by atoms with E-state index in [-0.39, 0.29) is 11.9 Å². The van der Waals surface area contributed by atoms with E-state index in [9.17, 15) is 4.79 Å². The molecule has 8 nitrogen and oxygen atoms in total. The number of anilines is 2. The van der Waals surface area contributed by atoms with Gasteiger partial charge in [0.25, 0.3) is 5.91 Å². The first-order chi connectivity index (χ1) is 14.2. The number of carbonyl (C=O) groups excluding carboxylic acids is 1. The van der Waals surface area contributed by atoms with Crippen LogP contribution in [-0.2, 0) is 11.2 Å². The summed E-state index contributed by atoms with van der Waals surface area (Å²) in [6, 6.07) is 7.97. The van der Waals surface area contributed by atoms with Crippen molar-refractivity contribution in [3.63, 3.8) is 0 Å². The van der Waals surface area contributed by atoms with Gasteiger partial charge in [-0.2, -0.15) is 5.26 Å². The van der Waals surface area contributed by atoms with Crippen LogP contribution in [-0.4, -0.2) is 46.7 Å². The maximum absolute atomic E-state index is 12.7. The smallest absolute Gasteiger partial charge is 0.280 e. The summed E-state index contributed by atoms with van der Waals surface area (Å²) in [5.41, 5.74) is 3.42. The topological polar surface area (TPSA) is 104 Å². The Labute approximate surface area is 171 Å². The van der Waals surface area contributed by atoms with E-state index >= 15 is 0 Å². The highest BCUT2D eigenvalue weighted by Gasteiger charge is 2.26. The molecule has 0 spiro atoms. The van der Waals surface area contributed by atoms with Crippen LogP contribution < -0.4 is 10.2 Å². The van der Waals surface area contributed by atoms with Gasteiger partial charge in [-0.05, 0) is 43.0 Å². The molecule has 4 heterocycles. The summed E-state index contributed by atoms with van der Waals surface area (Å²) in [5.74, 6) is 0.520. The molecule has 1 N–H and O–H groups in total. The zero-order valence-electron chi connectivity index (χ0n) is 15.6. The van der Waals surface area contributed by atoms with Crippen molar-refractivity contribution in [1.29, 1.82) is 5.26 Å². The fourth-order valence-electron chi connectivity index (χ4n) is 3.82. The molecule has 0 aliphatic carbocycles. The number of nitrogens with zero attached hydrogens (tertiary/aromatic N) is 5. The van der Waals surface area contributed by atoms with Crippen LogP contribution in [0.4, 0.5) is 11.5 Å². The van der Waals surface area contributed by atoms with Crippen LogP contribution in [0.5, 0.6) is 0 Å². The van der Waals surface area contributed by atoms with Crippen molar-refractivity contribution in [2.24, 2.45) is 0 Å². The summed E-state index contributed by atoms with van der Waals surface area (Å²) in [6.45, 7) is 2.09. The van der Waals surface area contributed by atoms with Crippen LogP contribution in [0.1, 0.15) is 33.8 Å². The summed E-state index contributed by atoms with van der Waals surface area (Å²) in [6.07, 6.45) is 3.98. The van der Waals surface area contributed by atoms with Crippen molar-refractivity contribution in [2.75, 3.05) is 24.7 Å². The minimum Gasteiger partial charge on any atom is -0.381 e. The second-order valence-corrected chi connectivity index (χ2v) is 8.06. The third-order valence-electron chi connectivity index (χ3n) is 5.29. The Morgan fingerprint density at radius 1 is 1.31 bits per heavy atom. The van der Waals surface area contributed by atoms with Crippen LogP contribution in [0.3, 0.4) is 0 Å². The minimum absolute atomic E-state index is 0.119. The van der Waals surface area contributed by atoms with Crippen LogP contribution in [0, 0.1) is 11.3 Å². The predicted octanol–water partition coefficient (Wildman–Crippen LogP) is 2.56. The lowest BCUT2D eigenvalue weighted by Crippen LogP contribution is -2.38.